The van der Waals surface area contributed by atoms with Crippen LogP contribution in [0.4, 0.5) is 0 Å². The van der Waals surface area contributed by atoms with E-state index in [2.05, 4.69) is 15.2 Å². The topological polar surface area (TPSA) is 99.8 Å². The number of hydrogen-bond acceptors (Lipinski definition) is 6. The van der Waals surface area contributed by atoms with Gasteiger partial charge in [-0.1, -0.05) is 42.1 Å². The van der Waals surface area contributed by atoms with Crippen molar-refractivity contribution in [3.63, 3.8) is 0 Å². The maximum Gasteiger partial charge on any atom is 0.237 e. The van der Waals surface area contributed by atoms with Gasteiger partial charge < -0.3 is 10.2 Å². The van der Waals surface area contributed by atoms with E-state index in [-0.39, 0.29) is 11.8 Å². The molecule has 3 rings (SSSR count). The van der Waals surface area contributed by atoms with Crippen molar-refractivity contribution in [1.29, 1.82) is 0 Å². The minimum Gasteiger partial charge on any atom is -0.440 e. The zero-order chi connectivity index (χ0) is 17.1. The van der Waals surface area contributed by atoms with Crippen molar-refractivity contribution in [2.24, 2.45) is 5.73 Å². The molecule has 1 aromatic carbocycles. The molecular weight excluding hydrogens is 326 g/mol. The van der Waals surface area contributed by atoms with Crippen LogP contribution < -0.4 is 5.73 Å². The van der Waals surface area contributed by atoms with Crippen LogP contribution in [-0.4, -0.2) is 25.7 Å². The summed E-state index contributed by atoms with van der Waals surface area (Å²) in [6.45, 7) is 3.79. The number of nitrogens with two attached hydrogens (primary N) is 1. The van der Waals surface area contributed by atoms with Crippen molar-refractivity contribution in [3.8, 4) is 11.3 Å². The Bertz CT molecular complexity index is 843. The standard InChI is InChI=1S/C16H17N5O2S/c1-10(24-16-20-19-11(2)21(16)9-14(17)22)15-18-8-13(23-15)12-6-4-3-5-7-12/h3-8,10H,9H2,1-2H3,(H2,17,22)/t10-/m1/s1. The summed E-state index contributed by atoms with van der Waals surface area (Å²) in [6.07, 6.45) is 1.71. The fraction of sp³-hybridized carbons (Fsp3) is 0.250. The molecule has 0 bridgehead atoms. The van der Waals surface area contributed by atoms with Crippen LogP contribution in [0.25, 0.3) is 11.3 Å². The van der Waals surface area contributed by atoms with Crippen LogP contribution in [0, 0.1) is 6.92 Å². The van der Waals surface area contributed by atoms with E-state index in [0.29, 0.717) is 22.6 Å². The van der Waals surface area contributed by atoms with Gasteiger partial charge in [0, 0.05) is 5.56 Å². The Morgan fingerprint density at radius 2 is 2.08 bits per heavy atom. The van der Waals surface area contributed by atoms with E-state index < -0.39 is 5.91 Å². The van der Waals surface area contributed by atoms with Crippen molar-refractivity contribution in [1.82, 2.24) is 19.7 Å². The van der Waals surface area contributed by atoms with Gasteiger partial charge >= 0.3 is 0 Å². The highest BCUT2D eigenvalue weighted by molar-refractivity contribution is 7.99. The molecule has 2 aromatic heterocycles. The van der Waals surface area contributed by atoms with Crippen LogP contribution in [0.5, 0.6) is 0 Å². The Labute approximate surface area is 143 Å². The van der Waals surface area contributed by atoms with Gasteiger partial charge in [0.1, 0.15) is 12.4 Å². The zero-order valence-electron chi connectivity index (χ0n) is 13.3. The quantitative estimate of drug-likeness (QED) is 0.691. The van der Waals surface area contributed by atoms with Gasteiger partial charge in [-0.05, 0) is 13.8 Å². The first-order valence-electron chi connectivity index (χ1n) is 7.40. The molecule has 2 N–H and O–H groups in total. The third-order valence-electron chi connectivity index (χ3n) is 3.43. The van der Waals surface area contributed by atoms with Crippen LogP contribution in [-0.2, 0) is 11.3 Å². The van der Waals surface area contributed by atoms with Gasteiger partial charge in [-0.2, -0.15) is 0 Å². The maximum atomic E-state index is 11.2. The Balaban J connectivity index is 1.78. The Hall–Kier alpha value is -2.61. The molecule has 7 nitrogen and oxygen atoms in total. The molecule has 0 unspecified atom stereocenters. The first kappa shape index (κ1) is 16.3. The molecule has 0 saturated carbocycles. The van der Waals surface area contributed by atoms with Crippen molar-refractivity contribution in [2.45, 2.75) is 30.8 Å². The molecular formula is C16H17N5O2S. The van der Waals surface area contributed by atoms with E-state index in [9.17, 15) is 4.79 Å². The van der Waals surface area contributed by atoms with E-state index in [0.717, 1.165) is 5.56 Å². The Morgan fingerprint density at radius 3 is 2.79 bits per heavy atom. The summed E-state index contributed by atoms with van der Waals surface area (Å²) in [5.74, 6) is 1.51. The summed E-state index contributed by atoms with van der Waals surface area (Å²) in [5.41, 5.74) is 6.25. The van der Waals surface area contributed by atoms with Crippen LogP contribution in [0.3, 0.4) is 0 Å². The van der Waals surface area contributed by atoms with Gasteiger partial charge in [0.25, 0.3) is 0 Å². The molecule has 3 aromatic rings. The lowest BCUT2D eigenvalue weighted by Crippen LogP contribution is -2.20. The van der Waals surface area contributed by atoms with Crippen molar-refractivity contribution in [2.75, 3.05) is 0 Å². The summed E-state index contributed by atoms with van der Waals surface area (Å²) < 4.78 is 7.54. The molecule has 0 aliphatic heterocycles. The van der Waals surface area contributed by atoms with Gasteiger partial charge in [0.2, 0.25) is 11.8 Å². The normalized spacial score (nSPS) is 12.2. The Kier molecular flexibility index (Phi) is 4.66. The number of amides is 1. The largest absolute Gasteiger partial charge is 0.440 e. The lowest BCUT2D eigenvalue weighted by atomic mass is 10.2. The Morgan fingerprint density at radius 1 is 1.33 bits per heavy atom. The average Bonchev–Trinajstić information content (AvgIpc) is 3.18. The number of carbonyl (C=O) groups excluding carboxylic acids is 1. The monoisotopic (exact) mass is 343 g/mol. The third kappa shape index (κ3) is 3.48. The van der Waals surface area contributed by atoms with E-state index in [1.54, 1.807) is 17.7 Å². The van der Waals surface area contributed by atoms with Crippen LogP contribution in [0.15, 0.2) is 46.1 Å². The van der Waals surface area contributed by atoms with Crippen molar-refractivity contribution in [3.05, 3.63) is 48.2 Å². The summed E-state index contributed by atoms with van der Waals surface area (Å²) >= 11 is 1.42. The highest BCUT2D eigenvalue weighted by Crippen LogP contribution is 2.35. The molecule has 0 aliphatic rings. The fourth-order valence-corrected chi connectivity index (χ4v) is 3.14. The number of benzene rings is 1. The van der Waals surface area contributed by atoms with E-state index in [1.165, 1.54) is 11.8 Å². The van der Waals surface area contributed by atoms with Crippen LogP contribution >= 0.6 is 11.8 Å². The minimum absolute atomic E-state index is 0.0503. The van der Waals surface area contributed by atoms with E-state index in [4.69, 9.17) is 10.2 Å². The van der Waals surface area contributed by atoms with E-state index in [1.807, 2.05) is 37.3 Å². The predicted molar refractivity (Wildman–Crippen MR) is 90.2 cm³/mol. The molecule has 0 spiro atoms. The molecule has 0 saturated heterocycles. The first-order valence-corrected chi connectivity index (χ1v) is 8.28. The number of aromatic nitrogens is 4. The molecule has 2 heterocycles. The maximum absolute atomic E-state index is 11.2. The van der Waals surface area contributed by atoms with Crippen LogP contribution in [0.2, 0.25) is 0 Å². The number of carbonyl (C=O) groups is 1. The third-order valence-corrected chi connectivity index (χ3v) is 4.50. The van der Waals surface area contributed by atoms with Crippen molar-refractivity contribution < 1.29 is 9.21 Å². The van der Waals surface area contributed by atoms with Gasteiger partial charge in [-0.3, -0.25) is 9.36 Å². The molecule has 0 aliphatic carbocycles. The highest BCUT2D eigenvalue weighted by atomic mass is 32.2. The fourth-order valence-electron chi connectivity index (χ4n) is 2.21. The second-order valence-electron chi connectivity index (χ2n) is 5.27. The molecule has 124 valence electrons. The van der Waals surface area contributed by atoms with Crippen molar-refractivity contribution >= 4 is 17.7 Å². The molecule has 0 radical (unpaired) electrons. The number of aryl methyl sites for hydroxylation is 1. The second-order valence-corrected chi connectivity index (χ2v) is 6.58. The number of thioether (sulfide) groups is 1. The first-order chi connectivity index (χ1) is 11.5. The molecule has 0 fully saturated rings. The average molecular weight is 343 g/mol. The summed E-state index contributed by atoms with van der Waals surface area (Å²) in [5, 5.41) is 8.62. The summed E-state index contributed by atoms with van der Waals surface area (Å²) in [4.78, 5) is 15.5. The predicted octanol–water partition coefficient (Wildman–Crippen LogP) is 2.58. The zero-order valence-corrected chi connectivity index (χ0v) is 14.2. The number of nitrogens with zero attached hydrogens (tertiary/aromatic N) is 4. The second kappa shape index (κ2) is 6.88. The SMILES string of the molecule is Cc1nnc(S[C@H](C)c2ncc(-c3ccccc3)o2)n1CC(N)=O. The number of primary amides is 1. The number of hydrogen-bond donors (Lipinski definition) is 1. The number of oxazole rings is 1. The molecule has 1 amide bonds. The molecule has 8 heteroatoms. The van der Waals surface area contributed by atoms with Gasteiger partial charge in [-0.25, -0.2) is 4.98 Å². The molecule has 24 heavy (non-hydrogen) atoms. The minimum atomic E-state index is -0.435. The summed E-state index contributed by atoms with van der Waals surface area (Å²) in [6, 6.07) is 9.78. The van der Waals surface area contributed by atoms with Crippen LogP contribution in [0.1, 0.15) is 23.9 Å². The van der Waals surface area contributed by atoms with Gasteiger partial charge in [0.05, 0.1) is 11.4 Å². The van der Waals surface area contributed by atoms with E-state index >= 15 is 0 Å². The molecule has 1 atom stereocenters. The smallest absolute Gasteiger partial charge is 0.237 e. The lowest BCUT2D eigenvalue weighted by Gasteiger charge is -2.09. The highest BCUT2D eigenvalue weighted by Gasteiger charge is 2.19. The lowest BCUT2D eigenvalue weighted by molar-refractivity contribution is -0.118. The number of rotatable bonds is 6. The summed E-state index contributed by atoms with van der Waals surface area (Å²) in [7, 11) is 0. The van der Waals surface area contributed by atoms with Gasteiger partial charge in [-0.15, -0.1) is 10.2 Å². The van der Waals surface area contributed by atoms with Gasteiger partial charge in [0.15, 0.2) is 10.9 Å².